The third kappa shape index (κ3) is 4.31. The zero-order chi connectivity index (χ0) is 12.0. The van der Waals surface area contributed by atoms with Crippen molar-refractivity contribution in [3.63, 3.8) is 0 Å². The van der Waals surface area contributed by atoms with Crippen molar-refractivity contribution in [2.75, 3.05) is 5.75 Å². The van der Waals surface area contributed by atoms with Crippen LogP contribution in [0.2, 0.25) is 0 Å². The Morgan fingerprint density at radius 1 is 1.56 bits per heavy atom. The Balaban J connectivity index is 2.50. The molecule has 16 heavy (non-hydrogen) atoms. The van der Waals surface area contributed by atoms with Crippen LogP contribution < -0.4 is 5.32 Å². The third-order valence-corrected chi connectivity index (χ3v) is 2.75. The molecule has 0 spiro atoms. The van der Waals surface area contributed by atoms with Crippen LogP contribution in [0.15, 0.2) is 29.4 Å². The first kappa shape index (κ1) is 12.5. The fraction of sp³-hybridized carbons (Fsp3) is 0.300. The molecule has 86 valence electrons. The minimum atomic E-state index is -1.04. The van der Waals surface area contributed by atoms with Gasteiger partial charge in [-0.25, -0.2) is 9.78 Å². The molecule has 6 heteroatoms. The molecular weight excluding hydrogens is 228 g/mol. The maximum absolute atomic E-state index is 10.8. The zero-order valence-electron chi connectivity index (χ0n) is 8.71. The van der Waals surface area contributed by atoms with E-state index >= 15 is 0 Å². The highest BCUT2D eigenvalue weighted by atomic mass is 32.2. The van der Waals surface area contributed by atoms with Crippen molar-refractivity contribution >= 4 is 23.6 Å². The van der Waals surface area contributed by atoms with E-state index in [9.17, 15) is 9.59 Å². The highest BCUT2D eigenvalue weighted by Gasteiger charge is 2.18. The molecule has 1 amide bonds. The lowest BCUT2D eigenvalue weighted by Gasteiger charge is -2.11. The summed E-state index contributed by atoms with van der Waals surface area (Å²) in [6.45, 7) is 1.29. The summed E-state index contributed by atoms with van der Waals surface area (Å²) in [6.07, 6.45) is 1.64. The lowest BCUT2D eigenvalue weighted by molar-refractivity contribution is -0.140. The number of rotatable bonds is 5. The summed E-state index contributed by atoms with van der Waals surface area (Å²) in [5, 5.41) is 11.9. The molecule has 2 N–H and O–H groups in total. The van der Waals surface area contributed by atoms with Crippen molar-refractivity contribution in [3.05, 3.63) is 24.4 Å². The van der Waals surface area contributed by atoms with Gasteiger partial charge < -0.3 is 10.4 Å². The monoisotopic (exact) mass is 240 g/mol. The average Bonchev–Trinajstić information content (AvgIpc) is 2.25. The van der Waals surface area contributed by atoms with Gasteiger partial charge in [0, 0.05) is 18.9 Å². The summed E-state index contributed by atoms with van der Waals surface area (Å²) >= 11 is 1.29. The van der Waals surface area contributed by atoms with Crippen LogP contribution in [-0.4, -0.2) is 33.8 Å². The number of aliphatic carboxylic acids is 1. The Bertz CT molecular complexity index is 370. The fourth-order valence-electron chi connectivity index (χ4n) is 1.02. The van der Waals surface area contributed by atoms with Crippen LogP contribution >= 0.6 is 11.8 Å². The predicted molar refractivity (Wildman–Crippen MR) is 60.2 cm³/mol. The number of carboxylic acids is 1. The van der Waals surface area contributed by atoms with Gasteiger partial charge in [0.25, 0.3) is 0 Å². The number of carbonyl (C=O) groups is 2. The van der Waals surface area contributed by atoms with E-state index in [1.165, 1.54) is 18.7 Å². The first-order chi connectivity index (χ1) is 7.59. The second-order valence-corrected chi connectivity index (χ2v) is 4.11. The Morgan fingerprint density at radius 2 is 2.31 bits per heavy atom. The molecule has 1 rings (SSSR count). The number of thioether (sulfide) groups is 1. The number of carbonyl (C=O) groups excluding carboxylic acids is 1. The predicted octanol–water partition coefficient (Wildman–Crippen LogP) is 0.763. The molecule has 0 radical (unpaired) electrons. The fourth-order valence-corrected chi connectivity index (χ4v) is 1.89. The Kier molecular flexibility index (Phi) is 4.78. The van der Waals surface area contributed by atoms with Gasteiger partial charge in [0.05, 0.1) is 5.03 Å². The normalized spacial score (nSPS) is 11.8. The van der Waals surface area contributed by atoms with Crippen LogP contribution in [0.3, 0.4) is 0 Å². The number of nitrogens with zero attached hydrogens (tertiary/aromatic N) is 1. The molecular formula is C10H12N2O3S. The SMILES string of the molecule is CC(=O)NC(CSc1ccccn1)C(=O)O. The molecule has 0 aromatic carbocycles. The number of amides is 1. The minimum Gasteiger partial charge on any atom is -0.480 e. The minimum absolute atomic E-state index is 0.256. The molecule has 0 saturated heterocycles. The van der Waals surface area contributed by atoms with Gasteiger partial charge in [-0.2, -0.15) is 0 Å². The van der Waals surface area contributed by atoms with Crippen LogP contribution in [0.1, 0.15) is 6.92 Å². The third-order valence-electron chi connectivity index (χ3n) is 1.71. The van der Waals surface area contributed by atoms with E-state index in [4.69, 9.17) is 5.11 Å². The van der Waals surface area contributed by atoms with E-state index < -0.39 is 12.0 Å². The number of carboxylic acid groups (broad SMARTS) is 1. The van der Waals surface area contributed by atoms with Crippen molar-refractivity contribution in [2.24, 2.45) is 0 Å². The van der Waals surface area contributed by atoms with Crippen molar-refractivity contribution < 1.29 is 14.7 Å². The molecule has 0 aliphatic carbocycles. The van der Waals surface area contributed by atoms with Gasteiger partial charge in [0.2, 0.25) is 5.91 Å². The summed E-state index contributed by atoms with van der Waals surface area (Å²) in [6, 6.07) is 4.51. The van der Waals surface area contributed by atoms with Crippen molar-refractivity contribution in [3.8, 4) is 0 Å². The van der Waals surface area contributed by atoms with Gasteiger partial charge in [0.15, 0.2) is 0 Å². The summed E-state index contributed by atoms with van der Waals surface area (Å²) in [5.41, 5.74) is 0. The highest BCUT2D eigenvalue weighted by molar-refractivity contribution is 7.99. The van der Waals surface area contributed by atoms with E-state index in [-0.39, 0.29) is 11.7 Å². The molecule has 0 aliphatic rings. The Labute approximate surface area is 97.3 Å². The summed E-state index contributed by atoms with van der Waals surface area (Å²) in [4.78, 5) is 25.6. The maximum Gasteiger partial charge on any atom is 0.327 e. The molecule has 0 bridgehead atoms. The first-order valence-corrected chi connectivity index (χ1v) is 5.62. The molecule has 0 fully saturated rings. The zero-order valence-corrected chi connectivity index (χ0v) is 9.53. The van der Waals surface area contributed by atoms with Gasteiger partial charge in [-0.1, -0.05) is 6.07 Å². The lowest BCUT2D eigenvalue weighted by atomic mass is 10.3. The second-order valence-electron chi connectivity index (χ2n) is 3.07. The molecule has 1 atom stereocenters. The van der Waals surface area contributed by atoms with Gasteiger partial charge in [-0.05, 0) is 12.1 Å². The number of hydrogen-bond donors (Lipinski definition) is 2. The van der Waals surface area contributed by atoms with E-state index in [2.05, 4.69) is 10.3 Å². The summed E-state index contributed by atoms with van der Waals surface area (Å²) in [7, 11) is 0. The van der Waals surface area contributed by atoms with Gasteiger partial charge in [0.1, 0.15) is 6.04 Å². The Hall–Kier alpha value is -1.56. The van der Waals surface area contributed by atoms with E-state index in [1.54, 1.807) is 18.3 Å². The lowest BCUT2D eigenvalue weighted by Crippen LogP contribution is -2.41. The second kappa shape index (κ2) is 6.12. The smallest absolute Gasteiger partial charge is 0.327 e. The van der Waals surface area contributed by atoms with Gasteiger partial charge in [-0.3, -0.25) is 4.79 Å². The largest absolute Gasteiger partial charge is 0.480 e. The Morgan fingerprint density at radius 3 is 2.81 bits per heavy atom. The summed E-state index contributed by atoms with van der Waals surface area (Å²) in [5.74, 6) is -1.14. The van der Waals surface area contributed by atoms with E-state index in [0.717, 1.165) is 5.03 Å². The molecule has 1 unspecified atom stereocenters. The van der Waals surface area contributed by atoms with Crippen LogP contribution in [-0.2, 0) is 9.59 Å². The first-order valence-electron chi connectivity index (χ1n) is 4.63. The van der Waals surface area contributed by atoms with Crippen molar-refractivity contribution in [2.45, 2.75) is 18.0 Å². The van der Waals surface area contributed by atoms with Gasteiger partial charge in [-0.15, -0.1) is 11.8 Å². The van der Waals surface area contributed by atoms with Gasteiger partial charge >= 0.3 is 5.97 Å². The topological polar surface area (TPSA) is 79.3 Å². The van der Waals surface area contributed by atoms with Crippen LogP contribution in [0.5, 0.6) is 0 Å². The average molecular weight is 240 g/mol. The summed E-state index contributed by atoms with van der Waals surface area (Å²) < 4.78 is 0. The standard InChI is InChI=1S/C10H12N2O3S/c1-7(13)12-8(10(14)15)6-16-9-4-2-3-5-11-9/h2-5,8H,6H2,1H3,(H,12,13)(H,14,15). The molecule has 5 nitrogen and oxygen atoms in total. The molecule has 0 aliphatic heterocycles. The number of aromatic nitrogens is 1. The van der Waals surface area contributed by atoms with Crippen molar-refractivity contribution in [1.82, 2.24) is 10.3 Å². The number of hydrogen-bond acceptors (Lipinski definition) is 4. The number of pyridine rings is 1. The van der Waals surface area contributed by atoms with Crippen molar-refractivity contribution in [1.29, 1.82) is 0 Å². The molecule has 1 heterocycles. The molecule has 0 saturated carbocycles. The highest BCUT2D eigenvalue weighted by Crippen LogP contribution is 2.15. The molecule has 1 aromatic heterocycles. The van der Waals surface area contributed by atoms with Crippen LogP contribution in [0.25, 0.3) is 0 Å². The van der Waals surface area contributed by atoms with E-state index in [0.29, 0.717) is 0 Å². The molecule has 1 aromatic rings. The van der Waals surface area contributed by atoms with E-state index in [1.807, 2.05) is 6.07 Å². The quantitative estimate of drug-likeness (QED) is 0.743. The van der Waals surface area contributed by atoms with Crippen LogP contribution in [0, 0.1) is 0 Å². The maximum atomic E-state index is 10.8. The van der Waals surface area contributed by atoms with Crippen LogP contribution in [0.4, 0.5) is 0 Å². The number of nitrogens with one attached hydrogen (secondary N) is 1.